The molecule has 188 valence electrons. The molecule has 1 saturated heterocycles. The molecule has 1 aromatic carbocycles. The molecule has 0 unspecified atom stereocenters. The van der Waals surface area contributed by atoms with Crippen LogP contribution in [0.3, 0.4) is 0 Å². The molecule has 0 bridgehead atoms. The Labute approximate surface area is 214 Å². The van der Waals surface area contributed by atoms with Crippen molar-refractivity contribution in [2.24, 2.45) is 0 Å². The van der Waals surface area contributed by atoms with Crippen LogP contribution in [0.15, 0.2) is 46.6 Å². The summed E-state index contributed by atoms with van der Waals surface area (Å²) in [7, 11) is -3.50. The molecule has 1 N–H and O–H groups in total. The Hall–Kier alpha value is -2.12. The molecule has 1 aliphatic heterocycles. The van der Waals surface area contributed by atoms with Crippen molar-refractivity contribution in [2.75, 3.05) is 62.8 Å². The first-order valence-electron chi connectivity index (χ1n) is 11.3. The number of amides is 1. The topological polar surface area (TPSA) is 100 Å². The molecular formula is C23H30N6O3S3. The molecule has 35 heavy (non-hydrogen) atoms. The van der Waals surface area contributed by atoms with Crippen LogP contribution in [0.25, 0.3) is 11.0 Å². The lowest BCUT2D eigenvalue weighted by atomic mass is 10.3. The van der Waals surface area contributed by atoms with Gasteiger partial charge in [-0.1, -0.05) is 12.1 Å². The molecule has 3 aromatic rings. The van der Waals surface area contributed by atoms with Gasteiger partial charge in [-0.25, -0.2) is 22.4 Å². The fourth-order valence-corrected chi connectivity index (χ4v) is 6.73. The third-order valence-electron chi connectivity index (χ3n) is 5.97. The number of piperazine rings is 1. The van der Waals surface area contributed by atoms with Gasteiger partial charge in [-0.15, -0.1) is 23.5 Å². The van der Waals surface area contributed by atoms with Gasteiger partial charge in [-0.05, 0) is 37.6 Å². The monoisotopic (exact) mass is 534 g/mol. The van der Waals surface area contributed by atoms with E-state index in [-0.39, 0.29) is 11.7 Å². The van der Waals surface area contributed by atoms with Gasteiger partial charge in [0, 0.05) is 43.3 Å². The standard InChI is InChI=1S/C23H30N6O3S3/c1-17-14-20(33-2)22(23(25-17)34-3)26-21(30)15-28-10-8-27(9-11-28)12-13-35(31,32)29-16-24-18-6-4-5-7-19(18)29/h4-7,14,16H,8-13,15H2,1-3H3,(H,26,30). The van der Waals surface area contributed by atoms with E-state index in [2.05, 4.69) is 25.1 Å². The summed E-state index contributed by atoms with van der Waals surface area (Å²) in [6, 6.07) is 9.20. The number of hydrogen-bond donors (Lipinski definition) is 1. The lowest BCUT2D eigenvalue weighted by Crippen LogP contribution is -2.49. The molecule has 9 nitrogen and oxygen atoms in total. The Morgan fingerprint density at radius 2 is 1.80 bits per heavy atom. The van der Waals surface area contributed by atoms with Gasteiger partial charge in [-0.2, -0.15) is 0 Å². The van der Waals surface area contributed by atoms with Gasteiger partial charge in [-0.3, -0.25) is 14.6 Å². The zero-order valence-corrected chi connectivity index (χ0v) is 22.5. The third kappa shape index (κ3) is 6.18. The zero-order valence-electron chi connectivity index (χ0n) is 20.1. The normalized spacial score (nSPS) is 15.5. The molecule has 0 radical (unpaired) electrons. The van der Waals surface area contributed by atoms with Gasteiger partial charge in [0.05, 0.1) is 29.0 Å². The number of imidazole rings is 1. The summed E-state index contributed by atoms with van der Waals surface area (Å²) in [5, 5.41) is 3.87. The van der Waals surface area contributed by atoms with Crippen molar-refractivity contribution in [3.05, 3.63) is 42.4 Å². The van der Waals surface area contributed by atoms with Crippen LogP contribution >= 0.6 is 23.5 Å². The summed E-state index contributed by atoms with van der Waals surface area (Å²) in [6.45, 7) is 5.53. The summed E-state index contributed by atoms with van der Waals surface area (Å²) in [6.07, 6.45) is 5.32. The second-order valence-corrected chi connectivity index (χ2v) is 12.0. The van der Waals surface area contributed by atoms with Crippen LogP contribution in [0.1, 0.15) is 5.69 Å². The number of aryl methyl sites for hydroxylation is 1. The van der Waals surface area contributed by atoms with Crippen LogP contribution in [0, 0.1) is 6.92 Å². The van der Waals surface area contributed by atoms with Crippen molar-refractivity contribution >= 4 is 56.2 Å². The highest BCUT2D eigenvalue weighted by molar-refractivity contribution is 7.99. The van der Waals surface area contributed by atoms with Crippen LogP contribution in [0.2, 0.25) is 0 Å². The van der Waals surface area contributed by atoms with Crippen LogP contribution in [-0.4, -0.2) is 95.6 Å². The Bertz CT molecular complexity index is 1280. The minimum atomic E-state index is -3.50. The highest BCUT2D eigenvalue weighted by atomic mass is 32.2. The second-order valence-electron chi connectivity index (χ2n) is 8.36. The first-order valence-corrected chi connectivity index (χ1v) is 15.4. The number of fused-ring (bicyclic) bond motifs is 1. The number of carbonyl (C=O) groups is 1. The van der Waals surface area contributed by atoms with E-state index in [0.717, 1.165) is 21.3 Å². The highest BCUT2D eigenvalue weighted by Gasteiger charge is 2.23. The fraction of sp³-hybridized carbons (Fsp3) is 0.435. The summed E-state index contributed by atoms with van der Waals surface area (Å²) >= 11 is 3.11. The highest BCUT2D eigenvalue weighted by Crippen LogP contribution is 2.33. The Morgan fingerprint density at radius 1 is 1.09 bits per heavy atom. The number of nitrogens with one attached hydrogen (secondary N) is 1. The molecule has 0 spiro atoms. The largest absolute Gasteiger partial charge is 0.322 e. The van der Waals surface area contributed by atoms with Crippen molar-refractivity contribution in [1.29, 1.82) is 0 Å². The molecule has 4 rings (SSSR count). The maximum atomic E-state index is 12.9. The first kappa shape index (κ1) is 26.0. The first-order chi connectivity index (χ1) is 16.8. The molecule has 2 aromatic heterocycles. The molecule has 0 saturated carbocycles. The molecule has 1 amide bonds. The van der Waals surface area contributed by atoms with E-state index in [0.29, 0.717) is 50.3 Å². The lowest BCUT2D eigenvalue weighted by Gasteiger charge is -2.34. The van der Waals surface area contributed by atoms with Crippen LogP contribution in [0.5, 0.6) is 0 Å². The number of thioether (sulfide) groups is 2. The average Bonchev–Trinajstić information content (AvgIpc) is 3.29. The van der Waals surface area contributed by atoms with Gasteiger partial charge < -0.3 is 5.32 Å². The van der Waals surface area contributed by atoms with Gasteiger partial charge in [0.2, 0.25) is 15.9 Å². The second kappa shape index (κ2) is 11.3. The number of hydrogen-bond acceptors (Lipinski definition) is 9. The van der Waals surface area contributed by atoms with Crippen molar-refractivity contribution < 1.29 is 13.2 Å². The summed E-state index contributed by atoms with van der Waals surface area (Å²) < 4.78 is 27.0. The quantitative estimate of drug-likeness (QED) is 0.415. The van der Waals surface area contributed by atoms with Crippen LogP contribution in [0.4, 0.5) is 5.69 Å². The summed E-state index contributed by atoms with van der Waals surface area (Å²) in [5.74, 6) is -0.0484. The molecule has 0 atom stereocenters. The van der Waals surface area contributed by atoms with E-state index < -0.39 is 10.0 Å². The molecule has 1 aliphatic rings. The van der Waals surface area contributed by atoms with Crippen molar-refractivity contribution in [3.8, 4) is 0 Å². The van der Waals surface area contributed by atoms with Crippen molar-refractivity contribution in [3.63, 3.8) is 0 Å². The number of benzene rings is 1. The summed E-state index contributed by atoms with van der Waals surface area (Å²) in [5.41, 5.74) is 2.97. The Kier molecular flexibility index (Phi) is 8.38. The SMILES string of the molecule is CSc1cc(C)nc(SC)c1NC(=O)CN1CCN(CCS(=O)(=O)n2cnc3ccccc32)CC1. The van der Waals surface area contributed by atoms with Crippen LogP contribution in [-0.2, 0) is 14.8 Å². The number of aromatic nitrogens is 3. The number of nitrogens with zero attached hydrogens (tertiary/aromatic N) is 5. The van der Waals surface area contributed by atoms with Gasteiger partial charge >= 0.3 is 0 Å². The minimum absolute atomic E-state index is 0.0171. The smallest absolute Gasteiger partial charge is 0.241 e. The molecule has 1 fully saturated rings. The predicted molar refractivity (Wildman–Crippen MR) is 143 cm³/mol. The number of para-hydroxylation sites is 2. The van der Waals surface area contributed by atoms with E-state index in [1.165, 1.54) is 22.1 Å². The summed E-state index contributed by atoms with van der Waals surface area (Å²) in [4.78, 5) is 26.8. The maximum absolute atomic E-state index is 12.9. The third-order valence-corrected chi connectivity index (χ3v) is 9.01. The van der Waals surface area contributed by atoms with Gasteiger partial charge in [0.25, 0.3) is 0 Å². The number of pyridine rings is 1. The van der Waals surface area contributed by atoms with Crippen molar-refractivity contribution in [2.45, 2.75) is 16.8 Å². The van der Waals surface area contributed by atoms with E-state index >= 15 is 0 Å². The van der Waals surface area contributed by atoms with Crippen LogP contribution < -0.4 is 5.32 Å². The van der Waals surface area contributed by atoms with E-state index in [9.17, 15) is 13.2 Å². The van der Waals surface area contributed by atoms with Gasteiger partial charge in [0.1, 0.15) is 11.4 Å². The predicted octanol–water partition coefficient (Wildman–Crippen LogP) is 2.62. The van der Waals surface area contributed by atoms with E-state index in [1.54, 1.807) is 23.9 Å². The number of carbonyl (C=O) groups excluding carboxylic acids is 1. The van der Waals surface area contributed by atoms with E-state index in [4.69, 9.17) is 0 Å². The number of anilines is 1. The fourth-order valence-electron chi connectivity index (χ4n) is 4.09. The molecule has 0 aliphatic carbocycles. The molecular weight excluding hydrogens is 504 g/mol. The lowest BCUT2D eigenvalue weighted by molar-refractivity contribution is -0.117. The van der Waals surface area contributed by atoms with Crippen molar-refractivity contribution in [1.82, 2.24) is 23.7 Å². The minimum Gasteiger partial charge on any atom is -0.322 e. The van der Waals surface area contributed by atoms with Gasteiger partial charge in [0.15, 0.2) is 0 Å². The Balaban J connectivity index is 1.28. The maximum Gasteiger partial charge on any atom is 0.241 e. The Morgan fingerprint density at radius 3 is 2.51 bits per heavy atom. The molecule has 3 heterocycles. The number of rotatable bonds is 9. The van der Waals surface area contributed by atoms with E-state index in [1.807, 2.05) is 37.6 Å². The zero-order chi connectivity index (χ0) is 25.0. The molecule has 12 heteroatoms. The average molecular weight is 535 g/mol.